The van der Waals surface area contributed by atoms with Crippen LogP contribution in [0.4, 0.5) is 5.69 Å². The van der Waals surface area contributed by atoms with Crippen molar-refractivity contribution >= 4 is 17.5 Å². The highest BCUT2D eigenvalue weighted by Gasteiger charge is 2.17. The van der Waals surface area contributed by atoms with Crippen molar-refractivity contribution in [3.05, 3.63) is 101 Å². The maximum Gasteiger partial charge on any atom is 0.255 e. The topological polar surface area (TPSA) is 58.2 Å². The van der Waals surface area contributed by atoms with E-state index in [2.05, 4.69) is 22.8 Å². The van der Waals surface area contributed by atoms with Crippen LogP contribution in [0.5, 0.6) is 0 Å². The van der Waals surface area contributed by atoms with Crippen molar-refractivity contribution in [2.75, 3.05) is 5.32 Å². The van der Waals surface area contributed by atoms with Crippen LogP contribution in [-0.4, -0.2) is 17.9 Å². The number of benzene rings is 3. The van der Waals surface area contributed by atoms with Gasteiger partial charge >= 0.3 is 0 Å². The summed E-state index contributed by atoms with van der Waals surface area (Å²) in [4.78, 5) is 25.7. The first-order valence-corrected chi connectivity index (χ1v) is 10.4. The van der Waals surface area contributed by atoms with E-state index in [1.165, 1.54) is 5.56 Å². The highest BCUT2D eigenvalue weighted by atomic mass is 16.2. The van der Waals surface area contributed by atoms with E-state index < -0.39 is 0 Å². The van der Waals surface area contributed by atoms with Crippen LogP contribution in [0.25, 0.3) is 0 Å². The van der Waals surface area contributed by atoms with E-state index >= 15 is 0 Å². The number of nitrogens with one attached hydrogen (secondary N) is 2. The zero-order chi connectivity index (χ0) is 21.3. The van der Waals surface area contributed by atoms with E-state index in [1.54, 1.807) is 18.2 Å². The summed E-state index contributed by atoms with van der Waals surface area (Å²) in [7, 11) is 0. The third kappa shape index (κ3) is 5.57. The first-order valence-electron chi connectivity index (χ1n) is 10.4. The van der Waals surface area contributed by atoms with E-state index in [4.69, 9.17) is 0 Å². The van der Waals surface area contributed by atoms with Gasteiger partial charge in [0.05, 0.1) is 11.3 Å². The predicted octanol–water partition coefficient (Wildman–Crippen LogP) is 5.25. The molecule has 0 radical (unpaired) electrons. The van der Waals surface area contributed by atoms with E-state index in [-0.39, 0.29) is 17.9 Å². The maximum atomic E-state index is 13.1. The molecule has 0 saturated heterocycles. The van der Waals surface area contributed by atoms with Crippen LogP contribution in [0, 0.1) is 0 Å². The summed E-state index contributed by atoms with van der Waals surface area (Å²) >= 11 is 0. The third-order valence-corrected chi connectivity index (χ3v) is 5.20. The smallest absolute Gasteiger partial charge is 0.255 e. The normalized spacial score (nSPS) is 11.5. The second-order valence-corrected chi connectivity index (χ2v) is 7.43. The van der Waals surface area contributed by atoms with Crippen molar-refractivity contribution in [3.63, 3.8) is 0 Å². The van der Waals surface area contributed by atoms with Gasteiger partial charge in [-0.2, -0.15) is 0 Å². The van der Waals surface area contributed by atoms with Crippen LogP contribution in [-0.2, 0) is 12.8 Å². The van der Waals surface area contributed by atoms with Gasteiger partial charge in [0.15, 0.2) is 0 Å². The molecular weight excluding hydrogens is 372 g/mol. The van der Waals surface area contributed by atoms with Gasteiger partial charge in [0.25, 0.3) is 11.8 Å². The second kappa shape index (κ2) is 10.4. The minimum Gasteiger partial charge on any atom is -0.350 e. The Kier molecular flexibility index (Phi) is 7.39. The molecule has 4 nitrogen and oxygen atoms in total. The molecule has 3 aromatic rings. The monoisotopic (exact) mass is 400 g/mol. The van der Waals surface area contributed by atoms with Gasteiger partial charge in [-0.1, -0.05) is 67.6 Å². The third-order valence-electron chi connectivity index (χ3n) is 5.20. The molecule has 2 amide bonds. The first-order chi connectivity index (χ1) is 14.6. The SMILES string of the molecule is CC[C@H](C)NC(=O)c1ccccc1NC(=O)c1ccccc1CCc1ccccc1. The average Bonchev–Trinajstić information content (AvgIpc) is 2.78. The Labute approximate surface area is 178 Å². The Morgan fingerprint density at radius 1 is 0.767 bits per heavy atom. The molecule has 0 aliphatic carbocycles. The van der Waals surface area contributed by atoms with Gasteiger partial charge < -0.3 is 10.6 Å². The predicted molar refractivity (Wildman–Crippen MR) is 122 cm³/mol. The van der Waals surface area contributed by atoms with E-state index in [0.717, 1.165) is 24.8 Å². The van der Waals surface area contributed by atoms with E-state index in [9.17, 15) is 9.59 Å². The van der Waals surface area contributed by atoms with Crippen LogP contribution >= 0.6 is 0 Å². The number of hydrogen-bond donors (Lipinski definition) is 2. The Hall–Kier alpha value is -3.40. The fourth-order valence-electron chi connectivity index (χ4n) is 3.27. The summed E-state index contributed by atoms with van der Waals surface area (Å²) in [5, 5.41) is 5.90. The van der Waals surface area contributed by atoms with Crippen molar-refractivity contribution in [3.8, 4) is 0 Å². The maximum absolute atomic E-state index is 13.1. The molecule has 0 unspecified atom stereocenters. The zero-order valence-corrected chi connectivity index (χ0v) is 17.5. The minimum absolute atomic E-state index is 0.0694. The number of rotatable bonds is 8. The Bertz CT molecular complexity index is 999. The fourth-order valence-corrected chi connectivity index (χ4v) is 3.27. The fraction of sp³-hybridized carbons (Fsp3) is 0.231. The summed E-state index contributed by atoms with van der Waals surface area (Å²) < 4.78 is 0. The second-order valence-electron chi connectivity index (χ2n) is 7.43. The van der Waals surface area contributed by atoms with Crippen molar-refractivity contribution in [1.29, 1.82) is 0 Å². The van der Waals surface area contributed by atoms with Gasteiger partial charge in [-0.25, -0.2) is 0 Å². The van der Waals surface area contributed by atoms with Crippen molar-refractivity contribution < 1.29 is 9.59 Å². The first kappa shape index (κ1) is 21.3. The number of aryl methyl sites for hydroxylation is 2. The molecule has 1 atom stereocenters. The lowest BCUT2D eigenvalue weighted by Crippen LogP contribution is -2.32. The van der Waals surface area contributed by atoms with Crippen LogP contribution in [0.15, 0.2) is 78.9 Å². The van der Waals surface area contributed by atoms with Gasteiger partial charge in [-0.05, 0) is 55.5 Å². The summed E-state index contributed by atoms with van der Waals surface area (Å²) in [5.41, 5.74) is 3.83. The van der Waals surface area contributed by atoms with E-state index in [0.29, 0.717) is 16.8 Å². The molecule has 0 spiro atoms. The summed E-state index contributed by atoms with van der Waals surface area (Å²) in [6, 6.07) is 25.0. The van der Waals surface area contributed by atoms with Crippen LogP contribution in [0.1, 0.15) is 52.1 Å². The molecule has 154 valence electrons. The highest BCUT2D eigenvalue weighted by molar-refractivity contribution is 6.09. The van der Waals surface area contributed by atoms with Gasteiger partial charge in [-0.15, -0.1) is 0 Å². The van der Waals surface area contributed by atoms with Crippen molar-refractivity contribution in [1.82, 2.24) is 5.32 Å². The lowest BCUT2D eigenvalue weighted by atomic mass is 9.99. The highest BCUT2D eigenvalue weighted by Crippen LogP contribution is 2.19. The molecule has 3 aromatic carbocycles. The van der Waals surface area contributed by atoms with Gasteiger partial charge in [0.1, 0.15) is 0 Å². The molecule has 0 bridgehead atoms. The molecule has 4 heteroatoms. The minimum atomic E-state index is -0.206. The number of amides is 2. The molecule has 30 heavy (non-hydrogen) atoms. The Morgan fingerprint density at radius 3 is 2.13 bits per heavy atom. The number of para-hydroxylation sites is 1. The van der Waals surface area contributed by atoms with Crippen molar-refractivity contribution in [2.45, 2.75) is 39.2 Å². The van der Waals surface area contributed by atoms with Crippen LogP contribution in [0.2, 0.25) is 0 Å². The van der Waals surface area contributed by atoms with Gasteiger partial charge in [-0.3, -0.25) is 9.59 Å². The molecule has 2 N–H and O–H groups in total. The standard InChI is InChI=1S/C26H28N2O2/c1-3-19(2)27-26(30)23-15-9-10-16-24(23)28-25(29)22-14-8-7-13-21(22)18-17-20-11-5-4-6-12-20/h4-16,19H,3,17-18H2,1-2H3,(H,27,30)(H,28,29)/t19-/m0/s1. The molecule has 0 fully saturated rings. The molecule has 0 heterocycles. The quantitative estimate of drug-likeness (QED) is 0.542. The number of carbonyl (C=O) groups is 2. The molecule has 0 aliphatic rings. The molecule has 3 rings (SSSR count). The van der Waals surface area contributed by atoms with Gasteiger partial charge in [0.2, 0.25) is 0 Å². The largest absolute Gasteiger partial charge is 0.350 e. The van der Waals surface area contributed by atoms with Crippen LogP contribution < -0.4 is 10.6 Å². The lowest BCUT2D eigenvalue weighted by molar-refractivity contribution is 0.0940. The van der Waals surface area contributed by atoms with Gasteiger partial charge in [0, 0.05) is 11.6 Å². The van der Waals surface area contributed by atoms with Crippen molar-refractivity contribution in [2.24, 2.45) is 0 Å². The Morgan fingerprint density at radius 2 is 1.40 bits per heavy atom. The summed E-state index contributed by atoms with van der Waals surface area (Å²) in [5.74, 6) is -0.389. The number of hydrogen-bond acceptors (Lipinski definition) is 2. The molecule has 0 saturated carbocycles. The molecular formula is C26H28N2O2. The Balaban J connectivity index is 1.76. The van der Waals surface area contributed by atoms with Crippen LogP contribution in [0.3, 0.4) is 0 Å². The summed E-state index contributed by atoms with van der Waals surface area (Å²) in [6.45, 7) is 3.98. The zero-order valence-electron chi connectivity index (χ0n) is 17.5. The number of carbonyl (C=O) groups excluding carboxylic acids is 2. The average molecular weight is 401 g/mol. The lowest BCUT2D eigenvalue weighted by Gasteiger charge is -2.15. The molecule has 0 aliphatic heterocycles. The number of anilines is 1. The summed E-state index contributed by atoms with van der Waals surface area (Å²) in [6.07, 6.45) is 2.47. The molecule has 0 aromatic heterocycles. The van der Waals surface area contributed by atoms with E-state index in [1.807, 2.05) is 62.4 Å².